The van der Waals surface area contributed by atoms with Crippen LogP contribution in [0.4, 0.5) is 0 Å². The first-order valence-corrected chi connectivity index (χ1v) is 8.22. The second-order valence-corrected chi connectivity index (χ2v) is 6.67. The predicted octanol–water partition coefficient (Wildman–Crippen LogP) is 2.38. The van der Waals surface area contributed by atoms with Gasteiger partial charge in [-0.2, -0.15) is 0 Å². The fourth-order valence-electron chi connectivity index (χ4n) is 3.34. The largest absolute Gasteiger partial charge is 0.378 e. The fraction of sp³-hybridized carbons (Fsp3) is 0.938. The molecule has 4 unspecified atom stereocenters. The molecule has 0 spiro atoms. The standard InChI is InChI=1S/C16H30N2O2/c1-5-6-7-14-16(19)18(15(17-14)11(2)3)10-13-8-9-20-12(13)4/h11-15,17H,5-10H2,1-4H3. The number of nitrogens with one attached hydrogen (secondary N) is 1. The maximum atomic E-state index is 12.6. The minimum Gasteiger partial charge on any atom is -0.378 e. The van der Waals surface area contributed by atoms with Crippen LogP contribution in [0, 0.1) is 11.8 Å². The molecule has 2 aliphatic heterocycles. The predicted molar refractivity (Wildman–Crippen MR) is 80.3 cm³/mol. The molecule has 116 valence electrons. The summed E-state index contributed by atoms with van der Waals surface area (Å²) in [4.78, 5) is 14.7. The summed E-state index contributed by atoms with van der Waals surface area (Å²) in [5.41, 5.74) is 0. The summed E-state index contributed by atoms with van der Waals surface area (Å²) in [5, 5.41) is 3.55. The normalized spacial score (nSPS) is 34.5. The van der Waals surface area contributed by atoms with Crippen molar-refractivity contribution in [1.29, 1.82) is 0 Å². The first-order valence-electron chi connectivity index (χ1n) is 8.22. The number of amides is 1. The van der Waals surface area contributed by atoms with E-state index in [4.69, 9.17) is 4.74 Å². The van der Waals surface area contributed by atoms with E-state index in [-0.39, 0.29) is 18.3 Å². The van der Waals surface area contributed by atoms with Crippen LogP contribution in [0.1, 0.15) is 53.4 Å². The smallest absolute Gasteiger partial charge is 0.241 e. The third kappa shape index (κ3) is 3.34. The molecule has 0 aromatic carbocycles. The number of unbranched alkanes of at least 4 members (excludes halogenated alkanes) is 1. The average molecular weight is 282 g/mol. The third-order valence-corrected chi connectivity index (χ3v) is 4.73. The highest BCUT2D eigenvalue weighted by Crippen LogP contribution is 2.27. The Morgan fingerprint density at radius 2 is 2.20 bits per heavy atom. The van der Waals surface area contributed by atoms with Crippen LogP contribution in [0.25, 0.3) is 0 Å². The topological polar surface area (TPSA) is 41.6 Å². The van der Waals surface area contributed by atoms with E-state index in [1.807, 2.05) is 0 Å². The summed E-state index contributed by atoms with van der Waals surface area (Å²) < 4.78 is 5.64. The monoisotopic (exact) mass is 282 g/mol. The molecule has 1 N–H and O–H groups in total. The van der Waals surface area contributed by atoms with Gasteiger partial charge in [-0.1, -0.05) is 33.6 Å². The van der Waals surface area contributed by atoms with Crippen molar-refractivity contribution in [2.24, 2.45) is 11.8 Å². The van der Waals surface area contributed by atoms with Gasteiger partial charge in [0.25, 0.3) is 0 Å². The van der Waals surface area contributed by atoms with Crippen LogP contribution >= 0.6 is 0 Å². The Kier molecular flexibility index (Phi) is 5.44. The van der Waals surface area contributed by atoms with Gasteiger partial charge in [0.05, 0.1) is 18.3 Å². The zero-order chi connectivity index (χ0) is 14.7. The fourth-order valence-corrected chi connectivity index (χ4v) is 3.34. The summed E-state index contributed by atoms with van der Waals surface area (Å²) in [6, 6.07) is 0.0278. The molecule has 2 saturated heterocycles. The summed E-state index contributed by atoms with van der Waals surface area (Å²) in [5.74, 6) is 1.24. The first-order chi connectivity index (χ1) is 9.54. The lowest BCUT2D eigenvalue weighted by Crippen LogP contribution is -2.44. The summed E-state index contributed by atoms with van der Waals surface area (Å²) in [7, 11) is 0. The van der Waals surface area contributed by atoms with E-state index in [2.05, 4.69) is 37.9 Å². The van der Waals surface area contributed by atoms with Crippen molar-refractivity contribution in [2.45, 2.75) is 71.7 Å². The van der Waals surface area contributed by atoms with Gasteiger partial charge in [0.2, 0.25) is 5.91 Å². The van der Waals surface area contributed by atoms with Crippen molar-refractivity contribution in [3.05, 3.63) is 0 Å². The van der Waals surface area contributed by atoms with Gasteiger partial charge in [-0.05, 0) is 25.7 Å². The lowest BCUT2D eigenvalue weighted by Gasteiger charge is -2.30. The van der Waals surface area contributed by atoms with Crippen LogP contribution in [0.15, 0.2) is 0 Å². The molecule has 20 heavy (non-hydrogen) atoms. The Bertz CT molecular complexity index is 332. The van der Waals surface area contributed by atoms with E-state index in [0.29, 0.717) is 17.7 Å². The minimum atomic E-state index is 0.0278. The SMILES string of the molecule is CCCCC1NC(C(C)C)N(CC2CCOC2C)C1=O. The van der Waals surface area contributed by atoms with E-state index in [1.165, 1.54) is 0 Å². The van der Waals surface area contributed by atoms with E-state index in [1.54, 1.807) is 0 Å². The molecule has 0 aromatic rings. The van der Waals surface area contributed by atoms with Crippen LogP contribution < -0.4 is 5.32 Å². The molecule has 0 saturated carbocycles. The van der Waals surface area contributed by atoms with Gasteiger partial charge >= 0.3 is 0 Å². The van der Waals surface area contributed by atoms with Gasteiger partial charge in [-0.25, -0.2) is 0 Å². The minimum absolute atomic E-state index is 0.0278. The molecule has 4 atom stereocenters. The molecule has 2 aliphatic rings. The molecule has 2 heterocycles. The van der Waals surface area contributed by atoms with Crippen LogP contribution in [-0.4, -0.2) is 42.3 Å². The Balaban J connectivity index is 2.01. The highest BCUT2D eigenvalue weighted by molar-refractivity contribution is 5.84. The number of carbonyl (C=O) groups is 1. The lowest BCUT2D eigenvalue weighted by atomic mass is 10.0. The molecule has 0 bridgehead atoms. The number of nitrogens with zero attached hydrogens (tertiary/aromatic N) is 1. The number of carbonyl (C=O) groups excluding carboxylic acids is 1. The molecule has 0 aliphatic carbocycles. The van der Waals surface area contributed by atoms with Crippen molar-refractivity contribution in [3.8, 4) is 0 Å². The van der Waals surface area contributed by atoms with Crippen molar-refractivity contribution in [1.82, 2.24) is 10.2 Å². The zero-order valence-corrected chi connectivity index (χ0v) is 13.4. The molecule has 0 aromatic heterocycles. The van der Waals surface area contributed by atoms with Crippen molar-refractivity contribution >= 4 is 5.91 Å². The van der Waals surface area contributed by atoms with E-state index in [0.717, 1.165) is 38.8 Å². The maximum Gasteiger partial charge on any atom is 0.241 e. The van der Waals surface area contributed by atoms with Crippen LogP contribution in [0.2, 0.25) is 0 Å². The number of rotatable bonds is 6. The van der Waals surface area contributed by atoms with Gasteiger partial charge < -0.3 is 9.64 Å². The van der Waals surface area contributed by atoms with Crippen LogP contribution in [0.5, 0.6) is 0 Å². The van der Waals surface area contributed by atoms with Gasteiger partial charge in [0.15, 0.2) is 0 Å². The quantitative estimate of drug-likeness (QED) is 0.813. The Hall–Kier alpha value is -0.610. The molecular weight excluding hydrogens is 252 g/mol. The summed E-state index contributed by atoms with van der Waals surface area (Å²) in [6.07, 6.45) is 4.78. The van der Waals surface area contributed by atoms with Crippen molar-refractivity contribution in [3.63, 3.8) is 0 Å². The highest BCUT2D eigenvalue weighted by Gasteiger charge is 2.41. The first kappa shape index (κ1) is 15.8. The van der Waals surface area contributed by atoms with Gasteiger partial charge in [-0.3, -0.25) is 10.1 Å². The van der Waals surface area contributed by atoms with E-state index in [9.17, 15) is 4.79 Å². The summed E-state index contributed by atoms with van der Waals surface area (Å²) in [6.45, 7) is 10.4. The van der Waals surface area contributed by atoms with Crippen LogP contribution in [-0.2, 0) is 9.53 Å². The average Bonchev–Trinajstić information content (AvgIpc) is 2.94. The second-order valence-electron chi connectivity index (χ2n) is 6.67. The number of ether oxygens (including phenoxy) is 1. The Labute approximate surface area is 123 Å². The van der Waals surface area contributed by atoms with Gasteiger partial charge in [0.1, 0.15) is 0 Å². The molecular formula is C16H30N2O2. The Morgan fingerprint density at radius 1 is 1.45 bits per heavy atom. The second kappa shape index (κ2) is 6.90. The molecule has 2 rings (SSSR count). The molecule has 2 fully saturated rings. The zero-order valence-electron chi connectivity index (χ0n) is 13.4. The molecule has 1 amide bonds. The Morgan fingerprint density at radius 3 is 2.75 bits per heavy atom. The van der Waals surface area contributed by atoms with E-state index < -0.39 is 0 Å². The molecule has 4 heteroatoms. The summed E-state index contributed by atoms with van der Waals surface area (Å²) >= 11 is 0. The molecule has 4 nitrogen and oxygen atoms in total. The number of hydrogen-bond donors (Lipinski definition) is 1. The van der Waals surface area contributed by atoms with Crippen molar-refractivity contribution in [2.75, 3.05) is 13.2 Å². The lowest BCUT2D eigenvalue weighted by molar-refractivity contribution is -0.131. The van der Waals surface area contributed by atoms with Gasteiger partial charge in [0, 0.05) is 19.1 Å². The van der Waals surface area contributed by atoms with Gasteiger partial charge in [-0.15, -0.1) is 0 Å². The highest BCUT2D eigenvalue weighted by atomic mass is 16.5. The number of hydrogen-bond acceptors (Lipinski definition) is 3. The third-order valence-electron chi connectivity index (χ3n) is 4.73. The maximum absolute atomic E-state index is 12.6. The van der Waals surface area contributed by atoms with Crippen molar-refractivity contribution < 1.29 is 9.53 Å². The molecule has 0 radical (unpaired) electrons. The van der Waals surface area contributed by atoms with Crippen LogP contribution in [0.3, 0.4) is 0 Å². The van der Waals surface area contributed by atoms with E-state index >= 15 is 0 Å².